The minimum Gasteiger partial charge on any atom is -0.507 e. The SMILES string of the molecule is CCN1C(=O)/C(=C/c2cc(Br)ccc2O)SC1=Nc1ccc(OC)cc1. The fourth-order valence-electron chi connectivity index (χ4n) is 2.42. The second-order valence-corrected chi connectivity index (χ2v) is 7.38. The Labute approximate surface area is 164 Å². The number of benzene rings is 2. The average Bonchev–Trinajstić information content (AvgIpc) is 2.93. The number of aliphatic imine (C=N–C) groups is 1. The molecule has 3 rings (SSSR count). The number of hydrogen-bond donors (Lipinski definition) is 1. The molecule has 1 heterocycles. The summed E-state index contributed by atoms with van der Waals surface area (Å²) < 4.78 is 5.98. The fourth-order valence-corrected chi connectivity index (χ4v) is 3.85. The lowest BCUT2D eigenvalue weighted by atomic mass is 10.2. The third-order valence-electron chi connectivity index (χ3n) is 3.78. The Balaban J connectivity index is 1.93. The smallest absolute Gasteiger partial charge is 0.266 e. The van der Waals surface area contributed by atoms with E-state index in [4.69, 9.17) is 4.74 Å². The van der Waals surface area contributed by atoms with E-state index in [2.05, 4.69) is 20.9 Å². The summed E-state index contributed by atoms with van der Waals surface area (Å²) in [5.74, 6) is 0.754. The van der Waals surface area contributed by atoms with Crippen LogP contribution in [0.15, 0.2) is 56.8 Å². The highest BCUT2D eigenvalue weighted by Crippen LogP contribution is 2.36. The second-order valence-electron chi connectivity index (χ2n) is 5.46. The van der Waals surface area contributed by atoms with Crippen molar-refractivity contribution in [3.8, 4) is 11.5 Å². The van der Waals surface area contributed by atoms with Gasteiger partial charge < -0.3 is 9.84 Å². The van der Waals surface area contributed by atoms with Gasteiger partial charge in [-0.15, -0.1) is 0 Å². The van der Waals surface area contributed by atoms with Gasteiger partial charge in [0, 0.05) is 16.6 Å². The molecule has 1 N–H and O–H groups in total. The van der Waals surface area contributed by atoms with Crippen molar-refractivity contribution < 1.29 is 14.6 Å². The van der Waals surface area contributed by atoms with Crippen molar-refractivity contribution in [1.82, 2.24) is 4.90 Å². The van der Waals surface area contributed by atoms with Crippen LogP contribution in [0.4, 0.5) is 5.69 Å². The summed E-state index contributed by atoms with van der Waals surface area (Å²) in [5, 5.41) is 10.6. The summed E-state index contributed by atoms with van der Waals surface area (Å²) in [6, 6.07) is 12.4. The zero-order chi connectivity index (χ0) is 18.7. The van der Waals surface area contributed by atoms with Crippen molar-refractivity contribution in [3.63, 3.8) is 0 Å². The molecule has 2 aromatic carbocycles. The number of phenolic OH excluding ortho intramolecular Hbond substituents is 1. The molecule has 1 aliphatic heterocycles. The molecular weight excluding hydrogens is 416 g/mol. The highest BCUT2D eigenvalue weighted by molar-refractivity contribution is 9.10. The molecule has 0 unspecified atom stereocenters. The number of amidine groups is 1. The number of nitrogens with zero attached hydrogens (tertiary/aromatic N) is 2. The van der Waals surface area contributed by atoms with Crippen LogP contribution >= 0.6 is 27.7 Å². The van der Waals surface area contributed by atoms with E-state index in [0.717, 1.165) is 15.9 Å². The van der Waals surface area contributed by atoms with Crippen molar-refractivity contribution in [3.05, 3.63) is 57.4 Å². The monoisotopic (exact) mass is 432 g/mol. The summed E-state index contributed by atoms with van der Waals surface area (Å²) in [6.45, 7) is 2.42. The maximum Gasteiger partial charge on any atom is 0.266 e. The molecule has 26 heavy (non-hydrogen) atoms. The number of phenols is 1. The first kappa shape index (κ1) is 18.5. The van der Waals surface area contributed by atoms with Crippen LogP contribution in [-0.4, -0.2) is 34.7 Å². The van der Waals surface area contributed by atoms with E-state index in [1.165, 1.54) is 11.8 Å². The van der Waals surface area contributed by atoms with Crippen LogP contribution in [0.25, 0.3) is 6.08 Å². The first-order valence-electron chi connectivity index (χ1n) is 7.94. The third-order valence-corrected chi connectivity index (χ3v) is 5.28. The maximum atomic E-state index is 12.7. The van der Waals surface area contributed by atoms with Crippen LogP contribution in [0, 0.1) is 0 Å². The summed E-state index contributed by atoms with van der Waals surface area (Å²) in [6.07, 6.45) is 1.69. The van der Waals surface area contributed by atoms with Gasteiger partial charge in [0.25, 0.3) is 5.91 Å². The molecule has 0 radical (unpaired) electrons. The van der Waals surface area contributed by atoms with Gasteiger partial charge in [0.2, 0.25) is 0 Å². The molecule has 0 atom stereocenters. The Hall–Kier alpha value is -2.25. The van der Waals surface area contributed by atoms with Gasteiger partial charge in [-0.25, -0.2) is 4.99 Å². The predicted octanol–water partition coefficient (Wildman–Crippen LogP) is 4.79. The third kappa shape index (κ3) is 3.94. The van der Waals surface area contributed by atoms with Crippen molar-refractivity contribution in [2.24, 2.45) is 4.99 Å². The minimum absolute atomic E-state index is 0.121. The molecule has 0 spiro atoms. The summed E-state index contributed by atoms with van der Waals surface area (Å²) in [5.41, 5.74) is 1.32. The minimum atomic E-state index is -0.121. The first-order chi connectivity index (χ1) is 12.5. The van der Waals surface area contributed by atoms with Gasteiger partial charge in [-0.05, 0) is 67.2 Å². The Bertz CT molecular complexity index is 894. The fraction of sp³-hybridized carbons (Fsp3) is 0.158. The van der Waals surface area contributed by atoms with Crippen LogP contribution in [0.1, 0.15) is 12.5 Å². The van der Waals surface area contributed by atoms with E-state index < -0.39 is 0 Å². The quantitative estimate of drug-likeness (QED) is 0.705. The molecule has 0 bridgehead atoms. The highest BCUT2D eigenvalue weighted by Gasteiger charge is 2.32. The van der Waals surface area contributed by atoms with Gasteiger partial charge in [0.05, 0.1) is 17.7 Å². The van der Waals surface area contributed by atoms with Crippen LogP contribution in [0.3, 0.4) is 0 Å². The first-order valence-corrected chi connectivity index (χ1v) is 9.55. The number of hydrogen-bond acceptors (Lipinski definition) is 5. The number of thioether (sulfide) groups is 1. The summed E-state index contributed by atoms with van der Waals surface area (Å²) >= 11 is 4.67. The Kier molecular flexibility index (Phi) is 5.68. The van der Waals surface area contributed by atoms with Gasteiger partial charge in [0.1, 0.15) is 11.5 Å². The lowest BCUT2D eigenvalue weighted by Gasteiger charge is -2.12. The number of aromatic hydroxyl groups is 1. The van der Waals surface area contributed by atoms with E-state index in [9.17, 15) is 9.90 Å². The number of carbonyl (C=O) groups excluding carboxylic acids is 1. The zero-order valence-electron chi connectivity index (χ0n) is 14.3. The number of amides is 1. The van der Waals surface area contributed by atoms with E-state index in [-0.39, 0.29) is 11.7 Å². The molecule has 0 aliphatic carbocycles. The molecule has 134 valence electrons. The van der Waals surface area contributed by atoms with Gasteiger partial charge in [-0.3, -0.25) is 9.69 Å². The van der Waals surface area contributed by atoms with Crippen LogP contribution in [0.5, 0.6) is 11.5 Å². The van der Waals surface area contributed by atoms with Gasteiger partial charge in [0.15, 0.2) is 5.17 Å². The van der Waals surface area contributed by atoms with Gasteiger partial charge >= 0.3 is 0 Å². The van der Waals surface area contributed by atoms with Gasteiger partial charge in [-0.1, -0.05) is 15.9 Å². The maximum absolute atomic E-state index is 12.7. The molecule has 1 aliphatic rings. The van der Waals surface area contributed by atoms with E-state index in [1.807, 2.05) is 31.2 Å². The number of rotatable bonds is 4. The Morgan fingerprint density at radius 1 is 1.27 bits per heavy atom. The van der Waals surface area contributed by atoms with Crippen molar-refractivity contribution in [1.29, 1.82) is 0 Å². The normalized spacial score (nSPS) is 17.3. The number of likely N-dealkylation sites (N-methyl/N-ethyl adjacent to an activating group) is 1. The molecule has 1 saturated heterocycles. The standard InChI is InChI=1S/C19H17BrN2O3S/c1-3-22-18(24)17(11-12-10-13(20)4-9-16(12)23)26-19(22)21-14-5-7-15(25-2)8-6-14/h4-11,23H,3H2,1-2H3/b17-11-,21-19?. The zero-order valence-corrected chi connectivity index (χ0v) is 16.7. The lowest BCUT2D eigenvalue weighted by molar-refractivity contribution is -0.122. The molecule has 1 amide bonds. The molecule has 2 aromatic rings. The number of methoxy groups -OCH3 is 1. The molecule has 5 nitrogen and oxygen atoms in total. The molecule has 1 fully saturated rings. The second kappa shape index (κ2) is 7.97. The number of carbonyl (C=O) groups is 1. The van der Waals surface area contributed by atoms with Crippen LogP contribution in [-0.2, 0) is 4.79 Å². The number of ether oxygens (including phenoxy) is 1. The van der Waals surface area contributed by atoms with Crippen molar-refractivity contribution in [2.75, 3.05) is 13.7 Å². The summed E-state index contributed by atoms with van der Waals surface area (Å²) in [7, 11) is 1.61. The summed E-state index contributed by atoms with van der Waals surface area (Å²) in [4.78, 5) is 19.4. The van der Waals surface area contributed by atoms with E-state index in [1.54, 1.807) is 36.3 Å². The largest absolute Gasteiger partial charge is 0.507 e. The van der Waals surface area contributed by atoms with Gasteiger partial charge in [-0.2, -0.15) is 0 Å². The predicted molar refractivity (Wildman–Crippen MR) is 109 cm³/mol. The van der Waals surface area contributed by atoms with E-state index in [0.29, 0.717) is 22.2 Å². The number of halogens is 1. The molecular formula is C19H17BrN2O3S. The van der Waals surface area contributed by atoms with Crippen LogP contribution < -0.4 is 4.74 Å². The molecule has 7 heteroatoms. The van der Waals surface area contributed by atoms with Crippen LogP contribution in [0.2, 0.25) is 0 Å². The Morgan fingerprint density at radius 2 is 2.00 bits per heavy atom. The molecule has 0 saturated carbocycles. The lowest BCUT2D eigenvalue weighted by Crippen LogP contribution is -2.28. The molecule has 0 aromatic heterocycles. The Morgan fingerprint density at radius 3 is 2.65 bits per heavy atom. The van der Waals surface area contributed by atoms with Crippen molar-refractivity contribution in [2.45, 2.75) is 6.92 Å². The van der Waals surface area contributed by atoms with E-state index >= 15 is 0 Å². The topological polar surface area (TPSA) is 62.1 Å². The van der Waals surface area contributed by atoms with Crippen molar-refractivity contribution >= 4 is 50.5 Å². The highest BCUT2D eigenvalue weighted by atomic mass is 79.9. The average molecular weight is 433 g/mol.